The monoisotopic (exact) mass is 490 g/mol. The maximum atomic E-state index is 10.3. The average Bonchev–Trinajstić information content (AvgIpc) is 2.69. The standard InChI is InChI=1S/C22H26Cl4N2O2/c1-27(11-13-7-15(23)9-17(25)21(13)29)19-5-3-4-6-20(19)28(2)12-14-8-16(24)10-18(26)22(14)30/h7-10,19-20,29-30H,3-6,11-12H2,1-2H3/t19-,20-/m0/s1. The van der Waals surface area contributed by atoms with E-state index in [2.05, 4.69) is 23.9 Å². The summed E-state index contributed by atoms with van der Waals surface area (Å²) in [5, 5.41) is 22.2. The molecule has 2 N–H and O–H groups in total. The summed E-state index contributed by atoms with van der Waals surface area (Å²) in [7, 11) is 4.11. The predicted octanol–water partition coefficient (Wildman–Crippen LogP) is 6.59. The highest BCUT2D eigenvalue weighted by Gasteiger charge is 2.32. The van der Waals surface area contributed by atoms with Crippen molar-refractivity contribution < 1.29 is 10.2 Å². The lowest BCUT2D eigenvalue weighted by atomic mass is 9.88. The van der Waals surface area contributed by atoms with E-state index >= 15 is 0 Å². The highest BCUT2D eigenvalue weighted by molar-refractivity contribution is 6.36. The molecular formula is C22H26Cl4N2O2. The van der Waals surface area contributed by atoms with Gasteiger partial charge in [-0.3, -0.25) is 9.80 Å². The molecule has 0 saturated heterocycles. The molecule has 30 heavy (non-hydrogen) atoms. The summed E-state index contributed by atoms with van der Waals surface area (Å²) in [4.78, 5) is 4.49. The lowest BCUT2D eigenvalue weighted by Crippen LogP contribution is -2.50. The molecule has 0 aliphatic heterocycles. The molecule has 8 heteroatoms. The minimum absolute atomic E-state index is 0.0760. The summed E-state index contributed by atoms with van der Waals surface area (Å²) in [6.07, 6.45) is 4.39. The van der Waals surface area contributed by atoms with Gasteiger partial charge < -0.3 is 10.2 Å². The van der Waals surface area contributed by atoms with Crippen molar-refractivity contribution in [1.29, 1.82) is 0 Å². The van der Waals surface area contributed by atoms with Crippen LogP contribution in [0.15, 0.2) is 24.3 Å². The van der Waals surface area contributed by atoms with Crippen LogP contribution in [0.5, 0.6) is 11.5 Å². The smallest absolute Gasteiger partial charge is 0.138 e. The molecule has 0 bridgehead atoms. The number of rotatable bonds is 6. The molecule has 1 saturated carbocycles. The highest BCUT2D eigenvalue weighted by atomic mass is 35.5. The topological polar surface area (TPSA) is 46.9 Å². The van der Waals surface area contributed by atoms with Crippen LogP contribution in [-0.4, -0.2) is 46.2 Å². The second-order valence-corrected chi connectivity index (χ2v) is 9.73. The molecule has 0 aromatic heterocycles. The molecule has 0 heterocycles. The van der Waals surface area contributed by atoms with E-state index in [1.165, 1.54) is 0 Å². The quantitative estimate of drug-likeness (QED) is 0.478. The van der Waals surface area contributed by atoms with Crippen LogP contribution in [-0.2, 0) is 13.1 Å². The fraction of sp³-hybridized carbons (Fsp3) is 0.455. The highest BCUT2D eigenvalue weighted by Crippen LogP contribution is 2.36. The molecule has 0 radical (unpaired) electrons. The summed E-state index contributed by atoms with van der Waals surface area (Å²) < 4.78 is 0. The number of nitrogens with zero attached hydrogens (tertiary/aromatic N) is 2. The van der Waals surface area contributed by atoms with Gasteiger partial charge in [-0.25, -0.2) is 0 Å². The predicted molar refractivity (Wildman–Crippen MR) is 125 cm³/mol. The molecule has 0 amide bonds. The van der Waals surface area contributed by atoms with Crippen LogP contribution in [0.4, 0.5) is 0 Å². The van der Waals surface area contributed by atoms with Crippen LogP contribution in [0.1, 0.15) is 36.8 Å². The molecular weight excluding hydrogens is 466 g/mol. The zero-order valence-electron chi connectivity index (χ0n) is 17.0. The number of benzene rings is 2. The Morgan fingerprint density at radius 1 is 0.733 bits per heavy atom. The van der Waals surface area contributed by atoms with Crippen LogP contribution in [0.2, 0.25) is 20.1 Å². The van der Waals surface area contributed by atoms with Gasteiger partial charge >= 0.3 is 0 Å². The molecule has 3 rings (SSSR count). The van der Waals surface area contributed by atoms with Gasteiger partial charge in [-0.15, -0.1) is 0 Å². The Balaban J connectivity index is 1.77. The number of likely N-dealkylation sites (N-methyl/N-ethyl adjacent to an activating group) is 2. The van der Waals surface area contributed by atoms with Crippen molar-refractivity contribution in [3.8, 4) is 11.5 Å². The van der Waals surface area contributed by atoms with Crippen molar-refractivity contribution >= 4 is 46.4 Å². The van der Waals surface area contributed by atoms with Crippen molar-refractivity contribution in [2.75, 3.05) is 14.1 Å². The van der Waals surface area contributed by atoms with Crippen LogP contribution in [0, 0.1) is 0 Å². The molecule has 2 aromatic rings. The van der Waals surface area contributed by atoms with Gasteiger partial charge in [0.1, 0.15) is 11.5 Å². The van der Waals surface area contributed by atoms with Crippen molar-refractivity contribution in [1.82, 2.24) is 9.80 Å². The Morgan fingerprint density at radius 2 is 1.10 bits per heavy atom. The van der Waals surface area contributed by atoms with Crippen LogP contribution >= 0.6 is 46.4 Å². The Kier molecular flexibility index (Phi) is 8.05. The van der Waals surface area contributed by atoms with E-state index in [0.717, 1.165) is 25.7 Å². The first-order valence-electron chi connectivity index (χ1n) is 9.91. The van der Waals surface area contributed by atoms with Gasteiger partial charge in [-0.1, -0.05) is 59.2 Å². The number of hydrogen-bond donors (Lipinski definition) is 2. The number of phenols is 2. The molecule has 1 aliphatic rings. The second kappa shape index (κ2) is 10.2. The van der Waals surface area contributed by atoms with Crippen LogP contribution in [0.25, 0.3) is 0 Å². The maximum absolute atomic E-state index is 10.3. The second-order valence-electron chi connectivity index (χ2n) is 8.04. The van der Waals surface area contributed by atoms with E-state index < -0.39 is 0 Å². The third-order valence-electron chi connectivity index (χ3n) is 5.88. The number of phenolic OH excluding ortho intramolecular Hbond substituents is 2. The van der Waals surface area contributed by atoms with E-state index in [1.807, 2.05) is 0 Å². The zero-order valence-corrected chi connectivity index (χ0v) is 20.0. The average molecular weight is 492 g/mol. The fourth-order valence-electron chi connectivity index (χ4n) is 4.37. The van der Waals surface area contributed by atoms with Crippen molar-refractivity contribution in [2.24, 2.45) is 0 Å². The Morgan fingerprint density at radius 3 is 1.47 bits per heavy atom. The lowest BCUT2D eigenvalue weighted by Gasteiger charge is -2.42. The number of halogens is 4. The first-order chi connectivity index (χ1) is 14.2. The lowest BCUT2D eigenvalue weighted by molar-refractivity contribution is 0.0685. The van der Waals surface area contributed by atoms with E-state index in [0.29, 0.717) is 34.3 Å². The van der Waals surface area contributed by atoms with Gasteiger partial charge in [0, 0.05) is 46.3 Å². The van der Waals surface area contributed by atoms with Crippen molar-refractivity contribution in [3.63, 3.8) is 0 Å². The fourth-order valence-corrected chi connectivity index (χ4v) is 5.44. The van der Waals surface area contributed by atoms with Gasteiger partial charge in [0.15, 0.2) is 0 Å². The summed E-state index contributed by atoms with van der Waals surface area (Å²) in [5.41, 5.74) is 1.42. The Bertz CT molecular complexity index is 836. The maximum Gasteiger partial charge on any atom is 0.138 e. The molecule has 2 atom stereocenters. The van der Waals surface area contributed by atoms with Gasteiger partial charge in [0.2, 0.25) is 0 Å². The molecule has 0 unspecified atom stereocenters. The summed E-state index contributed by atoms with van der Waals surface area (Å²) >= 11 is 24.5. The Hall–Kier alpha value is -0.880. The molecule has 2 aromatic carbocycles. The van der Waals surface area contributed by atoms with Crippen LogP contribution in [0.3, 0.4) is 0 Å². The molecule has 4 nitrogen and oxygen atoms in total. The van der Waals surface area contributed by atoms with E-state index in [1.54, 1.807) is 24.3 Å². The first kappa shape index (κ1) is 23.8. The van der Waals surface area contributed by atoms with Crippen LogP contribution < -0.4 is 0 Å². The molecule has 164 valence electrons. The third kappa shape index (κ3) is 5.48. The van der Waals surface area contributed by atoms with Gasteiger partial charge in [0.25, 0.3) is 0 Å². The van der Waals surface area contributed by atoms with Gasteiger partial charge in [-0.2, -0.15) is 0 Å². The summed E-state index contributed by atoms with van der Waals surface area (Å²) in [6, 6.07) is 7.15. The minimum Gasteiger partial charge on any atom is -0.506 e. The van der Waals surface area contributed by atoms with Gasteiger partial charge in [0.05, 0.1) is 10.0 Å². The Labute approximate surface area is 197 Å². The largest absolute Gasteiger partial charge is 0.506 e. The minimum atomic E-state index is 0.0760. The van der Waals surface area contributed by atoms with Crippen molar-refractivity contribution in [3.05, 3.63) is 55.5 Å². The van der Waals surface area contributed by atoms with E-state index in [9.17, 15) is 10.2 Å². The zero-order chi connectivity index (χ0) is 22.0. The number of hydrogen-bond acceptors (Lipinski definition) is 4. The normalized spacial score (nSPS) is 19.6. The van der Waals surface area contributed by atoms with Crippen molar-refractivity contribution in [2.45, 2.75) is 50.9 Å². The summed E-state index contributed by atoms with van der Waals surface area (Å²) in [6.45, 7) is 1.07. The summed E-state index contributed by atoms with van der Waals surface area (Å²) in [5.74, 6) is 0.152. The SMILES string of the molecule is CN(Cc1cc(Cl)cc(Cl)c1O)[C@H]1CCCC[C@@H]1N(C)Cc1cc(Cl)cc(Cl)c1O. The first-order valence-corrected chi connectivity index (χ1v) is 11.4. The van der Waals surface area contributed by atoms with Gasteiger partial charge in [-0.05, 0) is 51.2 Å². The van der Waals surface area contributed by atoms with E-state index in [4.69, 9.17) is 46.4 Å². The molecule has 1 fully saturated rings. The van der Waals surface area contributed by atoms with E-state index in [-0.39, 0.29) is 33.6 Å². The third-order valence-corrected chi connectivity index (χ3v) is 6.89. The molecule has 0 spiro atoms. The number of aromatic hydroxyl groups is 2. The molecule has 1 aliphatic carbocycles.